The molecule has 0 spiro atoms. The maximum atomic E-state index is 8.73. The van der Waals surface area contributed by atoms with Crippen LogP contribution >= 0.6 is 11.3 Å². The van der Waals surface area contributed by atoms with Gasteiger partial charge in [0.2, 0.25) is 5.13 Å². The third-order valence-electron chi connectivity index (χ3n) is 3.03. The summed E-state index contributed by atoms with van der Waals surface area (Å²) in [7, 11) is 0. The van der Waals surface area contributed by atoms with Crippen molar-refractivity contribution in [3.8, 4) is 6.07 Å². The molecule has 1 aliphatic rings. The molecule has 5 heteroatoms. The number of hydrogen-bond acceptors (Lipinski definition) is 5. The smallest absolute Gasteiger partial charge is 0.203 e. The van der Waals surface area contributed by atoms with E-state index >= 15 is 0 Å². The first kappa shape index (κ1) is 10.2. The third kappa shape index (κ3) is 1.87. The zero-order valence-electron chi connectivity index (χ0n) is 9.00. The zero-order chi connectivity index (χ0) is 11.8. The van der Waals surface area contributed by atoms with E-state index in [2.05, 4.69) is 16.3 Å². The predicted molar refractivity (Wildman–Crippen MR) is 65.6 cm³/mol. The molecular formula is C12H10N4S. The molecule has 1 aromatic heterocycles. The van der Waals surface area contributed by atoms with Crippen molar-refractivity contribution < 1.29 is 0 Å². The molecule has 0 aliphatic heterocycles. The van der Waals surface area contributed by atoms with Crippen molar-refractivity contribution in [1.82, 2.24) is 10.2 Å². The van der Waals surface area contributed by atoms with Crippen LogP contribution < -0.4 is 5.73 Å². The average Bonchev–Trinajstić information content (AvgIpc) is 3.05. The Morgan fingerprint density at radius 1 is 1.24 bits per heavy atom. The third-order valence-corrected chi connectivity index (χ3v) is 3.92. The molecule has 0 saturated heterocycles. The molecule has 1 heterocycles. The van der Waals surface area contributed by atoms with Crippen LogP contribution in [-0.2, 0) is 0 Å². The Kier molecular flexibility index (Phi) is 2.30. The van der Waals surface area contributed by atoms with E-state index in [1.54, 1.807) is 0 Å². The van der Waals surface area contributed by atoms with Gasteiger partial charge in [0, 0.05) is 5.92 Å². The first-order valence-electron chi connectivity index (χ1n) is 5.37. The van der Waals surface area contributed by atoms with Gasteiger partial charge in [-0.15, -0.1) is 10.2 Å². The maximum Gasteiger partial charge on any atom is 0.203 e. The van der Waals surface area contributed by atoms with Crippen LogP contribution in [0.4, 0.5) is 5.13 Å². The van der Waals surface area contributed by atoms with Gasteiger partial charge >= 0.3 is 0 Å². The van der Waals surface area contributed by atoms with E-state index in [-0.39, 0.29) is 0 Å². The Morgan fingerprint density at radius 3 is 2.59 bits per heavy atom. The largest absolute Gasteiger partial charge is 0.374 e. The Morgan fingerprint density at radius 2 is 2.00 bits per heavy atom. The monoisotopic (exact) mass is 242 g/mol. The number of nitrogens with two attached hydrogens (primary N) is 1. The van der Waals surface area contributed by atoms with Gasteiger partial charge in [0.05, 0.1) is 11.6 Å². The summed E-state index contributed by atoms with van der Waals surface area (Å²) in [6.07, 6.45) is 1.10. The minimum Gasteiger partial charge on any atom is -0.374 e. The van der Waals surface area contributed by atoms with Crippen molar-refractivity contribution in [2.75, 3.05) is 5.73 Å². The summed E-state index contributed by atoms with van der Waals surface area (Å²) >= 11 is 1.47. The molecule has 2 aromatic rings. The van der Waals surface area contributed by atoms with Gasteiger partial charge < -0.3 is 5.73 Å². The Bertz CT molecular complexity index is 581. The highest BCUT2D eigenvalue weighted by Gasteiger charge is 2.41. The minimum atomic E-state index is 0.456. The van der Waals surface area contributed by atoms with Gasteiger partial charge in [0.25, 0.3) is 0 Å². The summed E-state index contributed by atoms with van der Waals surface area (Å²) in [5.74, 6) is 0.966. The fourth-order valence-corrected chi connectivity index (χ4v) is 2.83. The molecule has 17 heavy (non-hydrogen) atoms. The lowest BCUT2D eigenvalue weighted by Gasteiger charge is -1.98. The van der Waals surface area contributed by atoms with E-state index in [9.17, 15) is 0 Å². The molecule has 84 valence electrons. The van der Waals surface area contributed by atoms with Crippen LogP contribution in [0.25, 0.3) is 0 Å². The lowest BCUT2D eigenvalue weighted by molar-refractivity contribution is 0.946. The van der Waals surface area contributed by atoms with Crippen molar-refractivity contribution in [3.05, 3.63) is 40.4 Å². The van der Waals surface area contributed by atoms with Crippen LogP contribution in [0.3, 0.4) is 0 Å². The second kappa shape index (κ2) is 3.82. The minimum absolute atomic E-state index is 0.456. The second-order valence-corrected chi connectivity index (χ2v) is 5.20. The van der Waals surface area contributed by atoms with Crippen molar-refractivity contribution in [2.24, 2.45) is 0 Å². The highest BCUT2D eigenvalue weighted by Crippen LogP contribution is 2.55. The number of nitrogens with zero attached hydrogens (tertiary/aromatic N) is 3. The standard InChI is InChI=1S/C12H10N4S/c13-6-7-1-3-8(4-2-7)9-5-10(9)11-15-16-12(14)17-11/h1-4,9-10H,5H2,(H2,14,16). The summed E-state index contributed by atoms with van der Waals surface area (Å²) in [6.45, 7) is 0. The van der Waals surface area contributed by atoms with Gasteiger partial charge in [-0.05, 0) is 30.0 Å². The highest BCUT2D eigenvalue weighted by molar-refractivity contribution is 7.15. The van der Waals surface area contributed by atoms with Crippen LogP contribution in [0.5, 0.6) is 0 Å². The molecule has 1 aliphatic carbocycles. The summed E-state index contributed by atoms with van der Waals surface area (Å²) in [5.41, 5.74) is 7.54. The van der Waals surface area contributed by atoms with Crippen LogP contribution in [0.2, 0.25) is 0 Å². The molecule has 4 nitrogen and oxygen atoms in total. The van der Waals surface area contributed by atoms with Gasteiger partial charge in [-0.3, -0.25) is 0 Å². The molecule has 2 unspecified atom stereocenters. The SMILES string of the molecule is N#Cc1ccc(C2CC2c2nnc(N)s2)cc1. The number of anilines is 1. The zero-order valence-corrected chi connectivity index (χ0v) is 9.81. The van der Waals surface area contributed by atoms with Crippen LogP contribution in [0.15, 0.2) is 24.3 Å². The normalized spacial score (nSPS) is 22.1. The lowest BCUT2D eigenvalue weighted by Crippen LogP contribution is -1.84. The number of nitriles is 1. The highest BCUT2D eigenvalue weighted by atomic mass is 32.1. The molecule has 2 N–H and O–H groups in total. The van der Waals surface area contributed by atoms with Crippen molar-refractivity contribution >= 4 is 16.5 Å². The predicted octanol–water partition coefficient (Wildman–Crippen LogP) is 2.26. The first-order chi connectivity index (χ1) is 8.28. The average molecular weight is 242 g/mol. The number of rotatable bonds is 2. The number of aromatic nitrogens is 2. The number of nitrogen functional groups attached to an aromatic ring is 1. The Labute approximate surface area is 103 Å². The lowest BCUT2D eigenvalue weighted by atomic mass is 10.1. The molecular weight excluding hydrogens is 232 g/mol. The van der Waals surface area contributed by atoms with E-state index < -0.39 is 0 Å². The summed E-state index contributed by atoms with van der Waals surface area (Å²) in [6, 6.07) is 9.89. The number of benzene rings is 1. The number of hydrogen-bond donors (Lipinski definition) is 1. The first-order valence-corrected chi connectivity index (χ1v) is 6.18. The van der Waals surface area contributed by atoms with Gasteiger partial charge in [-0.1, -0.05) is 23.5 Å². The van der Waals surface area contributed by atoms with E-state index in [0.717, 1.165) is 11.4 Å². The van der Waals surface area contributed by atoms with E-state index in [4.69, 9.17) is 11.0 Å². The van der Waals surface area contributed by atoms with E-state index in [1.807, 2.05) is 24.3 Å². The summed E-state index contributed by atoms with van der Waals surface area (Å²) in [4.78, 5) is 0. The molecule has 0 bridgehead atoms. The molecule has 0 radical (unpaired) electrons. The Hall–Kier alpha value is -1.93. The molecule has 2 atom stereocenters. The topological polar surface area (TPSA) is 75.6 Å². The van der Waals surface area contributed by atoms with Gasteiger partial charge in [-0.2, -0.15) is 5.26 Å². The molecule has 1 aromatic carbocycles. The summed E-state index contributed by atoms with van der Waals surface area (Å²) in [5, 5.41) is 18.2. The van der Waals surface area contributed by atoms with Crippen molar-refractivity contribution in [3.63, 3.8) is 0 Å². The molecule has 3 rings (SSSR count). The molecule has 0 amide bonds. The van der Waals surface area contributed by atoms with Gasteiger partial charge in [0.1, 0.15) is 5.01 Å². The van der Waals surface area contributed by atoms with Gasteiger partial charge in [-0.25, -0.2) is 0 Å². The van der Waals surface area contributed by atoms with Crippen molar-refractivity contribution in [1.29, 1.82) is 5.26 Å². The van der Waals surface area contributed by atoms with E-state index in [0.29, 0.717) is 22.5 Å². The maximum absolute atomic E-state index is 8.73. The van der Waals surface area contributed by atoms with Crippen LogP contribution in [0, 0.1) is 11.3 Å². The van der Waals surface area contributed by atoms with Crippen molar-refractivity contribution in [2.45, 2.75) is 18.3 Å². The van der Waals surface area contributed by atoms with Crippen LogP contribution in [0.1, 0.15) is 34.4 Å². The van der Waals surface area contributed by atoms with Gasteiger partial charge in [0.15, 0.2) is 0 Å². The fourth-order valence-electron chi connectivity index (χ4n) is 2.04. The fraction of sp³-hybridized carbons (Fsp3) is 0.250. The Balaban J connectivity index is 1.78. The van der Waals surface area contributed by atoms with E-state index in [1.165, 1.54) is 16.9 Å². The quantitative estimate of drug-likeness (QED) is 0.876. The molecule has 1 fully saturated rings. The van der Waals surface area contributed by atoms with Crippen LogP contribution in [-0.4, -0.2) is 10.2 Å². The summed E-state index contributed by atoms with van der Waals surface area (Å²) < 4.78 is 0. The molecule has 1 saturated carbocycles. The second-order valence-electron chi connectivity index (χ2n) is 4.16.